The third-order valence-corrected chi connectivity index (χ3v) is 8.18. The summed E-state index contributed by atoms with van der Waals surface area (Å²) in [5.74, 6) is 1.44. The van der Waals surface area contributed by atoms with Gasteiger partial charge in [-0.1, -0.05) is 36.4 Å². The third-order valence-electron chi connectivity index (χ3n) is 6.25. The van der Waals surface area contributed by atoms with E-state index in [1.54, 1.807) is 12.1 Å². The van der Waals surface area contributed by atoms with Crippen molar-refractivity contribution in [1.82, 2.24) is 4.98 Å². The molecule has 2 heterocycles. The van der Waals surface area contributed by atoms with E-state index < -0.39 is 20.4 Å². The van der Waals surface area contributed by atoms with E-state index in [-0.39, 0.29) is 10.6 Å². The summed E-state index contributed by atoms with van der Waals surface area (Å²) in [7, 11) is -8.06. The Bertz CT molecular complexity index is 1790. The maximum absolute atomic E-state index is 12.1. The quantitative estimate of drug-likeness (QED) is 0.235. The van der Waals surface area contributed by atoms with Crippen molar-refractivity contribution in [3.63, 3.8) is 0 Å². The van der Waals surface area contributed by atoms with Crippen LogP contribution in [0.3, 0.4) is 0 Å². The summed E-state index contributed by atoms with van der Waals surface area (Å²) < 4.78 is 80.7. The fourth-order valence-electron chi connectivity index (χ4n) is 4.61. The molecule has 13 heteroatoms. The van der Waals surface area contributed by atoms with Crippen molar-refractivity contribution in [2.24, 2.45) is 0 Å². The van der Waals surface area contributed by atoms with E-state index in [4.69, 9.17) is 32.8 Å². The molecule has 40 heavy (non-hydrogen) atoms. The van der Waals surface area contributed by atoms with E-state index in [0.717, 1.165) is 50.5 Å². The number of thiazole rings is 1. The van der Waals surface area contributed by atoms with Crippen molar-refractivity contribution in [1.29, 1.82) is 0 Å². The van der Waals surface area contributed by atoms with Crippen LogP contribution in [-0.2, 0) is 23.0 Å². The second kappa shape index (κ2) is 10.8. The Kier molecular flexibility index (Phi) is 7.61. The highest BCUT2D eigenvalue weighted by Crippen LogP contribution is 2.44. The first-order chi connectivity index (χ1) is 18.9. The Balaban J connectivity index is 0.000000595. The predicted octanol–water partition coefficient (Wildman–Crippen LogP) is 1.77. The third kappa shape index (κ3) is 5.99. The number of methoxy groups -OCH3 is 1. The molecule has 0 spiro atoms. The minimum atomic E-state index is -4.94. The van der Waals surface area contributed by atoms with Crippen LogP contribution in [0.2, 0.25) is 0 Å². The van der Waals surface area contributed by atoms with Crippen LogP contribution in [0.1, 0.15) is 11.1 Å². The lowest BCUT2D eigenvalue weighted by Gasteiger charge is -2.17. The topological polar surface area (TPSA) is 180 Å². The molecule has 6 rings (SSSR count). The van der Waals surface area contributed by atoms with Crippen molar-refractivity contribution in [2.75, 3.05) is 7.11 Å². The molecule has 0 bridgehead atoms. The van der Waals surface area contributed by atoms with Crippen molar-refractivity contribution in [2.45, 2.75) is 17.7 Å². The summed E-state index contributed by atoms with van der Waals surface area (Å²) in [4.78, 5) is 4.50. The van der Waals surface area contributed by atoms with Gasteiger partial charge >= 0.3 is 11.5 Å². The fourth-order valence-corrected chi connectivity index (χ4v) is 6.21. The van der Waals surface area contributed by atoms with E-state index in [9.17, 15) is 13.0 Å². The summed E-state index contributed by atoms with van der Waals surface area (Å²) in [5.41, 5.74) is 5.57. The minimum Gasteiger partial charge on any atom is -0.495 e. The average Bonchev–Trinajstić information content (AvgIpc) is 3.35. The minimum absolute atomic E-state index is 0.0856. The number of halogens is 1. The molecule has 0 amide bonds. The van der Waals surface area contributed by atoms with Crippen LogP contribution in [0.5, 0.6) is 5.75 Å². The van der Waals surface area contributed by atoms with E-state index in [0.29, 0.717) is 11.3 Å². The SMILES string of the molecule is COc1ccc(-c2cc(-c3nc4ccccc4s3)[o+]c3c2CCc2ccccc2-3)cc1S(=O)(=O)O.[O-][Cl+3]([O-])([O-])[O-]. The van der Waals surface area contributed by atoms with Crippen LogP contribution in [-0.4, -0.2) is 25.1 Å². The highest BCUT2D eigenvalue weighted by atomic mass is 35.7. The molecular formula is C27H20ClNO9S2. The molecule has 2 aromatic heterocycles. The van der Waals surface area contributed by atoms with Crippen LogP contribution < -0.4 is 23.4 Å². The Morgan fingerprint density at radius 2 is 1.65 bits per heavy atom. The maximum atomic E-state index is 12.1. The Morgan fingerprint density at radius 1 is 0.950 bits per heavy atom. The molecule has 1 aliphatic carbocycles. The number of nitrogens with zero attached hydrogens (tertiary/aromatic N) is 1. The van der Waals surface area contributed by atoms with Gasteiger partial charge in [-0.15, -0.1) is 21.6 Å². The van der Waals surface area contributed by atoms with Gasteiger partial charge in [-0.3, -0.25) is 4.55 Å². The Morgan fingerprint density at radius 3 is 2.35 bits per heavy atom. The molecule has 0 saturated heterocycles. The molecule has 0 unspecified atom stereocenters. The first-order valence-corrected chi connectivity index (χ1v) is 15.1. The van der Waals surface area contributed by atoms with Gasteiger partial charge in [0.2, 0.25) is 5.01 Å². The molecule has 0 saturated carbocycles. The normalized spacial score (nSPS) is 12.8. The molecule has 206 valence electrons. The van der Waals surface area contributed by atoms with Gasteiger partial charge in [-0.25, -0.2) is 28.0 Å². The zero-order valence-corrected chi connectivity index (χ0v) is 23.1. The highest BCUT2D eigenvalue weighted by molar-refractivity contribution is 7.86. The zero-order valence-electron chi connectivity index (χ0n) is 20.7. The molecule has 5 aromatic rings. The van der Waals surface area contributed by atoms with Crippen molar-refractivity contribution < 1.29 is 51.0 Å². The second-order valence-electron chi connectivity index (χ2n) is 8.69. The molecular weight excluding hydrogens is 582 g/mol. The average molecular weight is 602 g/mol. The van der Waals surface area contributed by atoms with Crippen molar-refractivity contribution in [3.05, 3.63) is 83.9 Å². The number of ether oxygens (including phenoxy) is 1. The smallest absolute Gasteiger partial charge is 0.389 e. The molecule has 10 nitrogen and oxygen atoms in total. The van der Waals surface area contributed by atoms with E-state index in [1.165, 1.54) is 30.1 Å². The van der Waals surface area contributed by atoms with E-state index in [1.807, 2.05) is 48.5 Å². The van der Waals surface area contributed by atoms with Crippen molar-refractivity contribution in [3.8, 4) is 39.0 Å². The van der Waals surface area contributed by atoms with Gasteiger partial charge in [-0.05, 0) is 54.3 Å². The molecule has 3 aromatic carbocycles. The van der Waals surface area contributed by atoms with Gasteiger partial charge in [0, 0.05) is 5.56 Å². The lowest BCUT2D eigenvalue weighted by molar-refractivity contribution is -2.00. The number of benzene rings is 3. The maximum Gasteiger partial charge on any atom is 0.389 e. The van der Waals surface area contributed by atoms with Crippen LogP contribution in [0.4, 0.5) is 0 Å². The van der Waals surface area contributed by atoms with E-state index >= 15 is 0 Å². The van der Waals surface area contributed by atoms with E-state index in [2.05, 4.69) is 6.07 Å². The van der Waals surface area contributed by atoms with Crippen LogP contribution in [0.25, 0.3) is 43.4 Å². The van der Waals surface area contributed by atoms with Gasteiger partial charge in [0.1, 0.15) is 10.6 Å². The number of rotatable bonds is 4. The Hall–Kier alpha value is -3.46. The zero-order chi connectivity index (χ0) is 28.7. The first-order valence-electron chi connectivity index (χ1n) is 11.6. The van der Waals surface area contributed by atoms with Crippen LogP contribution >= 0.6 is 11.3 Å². The lowest BCUT2D eigenvalue weighted by atomic mass is 9.85. The largest absolute Gasteiger partial charge is 0.495 e. The molecule has 0 fully saturated rings. The standard InChI is InChI=1S/C27H19NO5S2.ClHO4/c1-32-22-13-11-17(14-25(22)35(29,30)31)20-15-23(27-28-21-8-4-5-9-24(21)34-27)33-26-18-7-3-2-6-16(18)10-12-19(20)26;2-1(3,4)5/h2-9,11,13-15H,10,12H2,1H3;(H,2,3,4,5). The highest BCUT2D eigenvalue weighted by Gasteiger charge is 2.33. The molecule has 0 radical (unpaired) electrons. The molecule has 1 N–H and O–H groups in total. The summed E-state index contributed by atoms with van der Waals surface area (Å²) in [6, 6.07) is 22.8. The van der Waals surface area contributed by atoms with Crippen molar-refractivity contribution >= 4 is 31.7 Å². The predicted molar refractivity (Wildman–Crippen MR) is 136 cm³/mol. The summed E-state index contributed by atoms with van der Waals surface area (Å²) >= 11 is 1.54. The summed E-state index contributed by atoms with van der Waals surface area (Å²) in [6.45, 7) is 0. The van der Waals surface area contributed by atoms with Gasteiger partial charge in [-0.2, -0.15) is 8.42 Å². The first kappa shape index (κ1) is 28.1. The fraction of sp³-hybridized carbons (Fsp3) is 0.111. The molecule has 0 aliphatic heterocycles. The summed E-state index contributed by atoms with van der Waals surface area (Å²) in [5, 5.41) is 0.738. The lowest BCUT2D eigenvalue weighted by Crippen LogP contribution is -2.68. The number of hydrogen-bond donors (Lipinski definition) is 1. The summed E-state index contributed by atoms with van der Waals surface area (Å²) in [6.07, 6.45) is 1.58. The number of aromatic nitrogens is 1. The second-order valence-corrected chi connectivity index (χ2v) is 11.9. The number of aryl methyl sites for hydroxylation is 1. The van der Waals surface area contributed by atoms with Crippen LogP contribution in [0.15, 0.2) is 82.1 Å². The van der Waals surface area contributed by atoms with Gasteiger partial charge in [0.15, 0.2) is 0 Å². The van der Waals surface area contributed by atoms with Gasteiger partial charge < -0.3 is 4.74 Å². The Labute approximate surface area is 234 Å². The number of fused-ring (bicyclic) bond motifs is 4. The van der Waals surface area contributed by atoms with Crippen LogP contribution in [0, 0.1) is 10.2 Å². The molecule has 1 aliphatic rings. The van der Waals surface area contributed by atoms with Gasteiger partial charge in [0.05, 0.1) is 34.5 Å². The molecule has 0 atom stereocenters. The number of hydrogen-bond acceptors (Lipinski definition) is 9. The van der Waals surface area contributed by atoms with Gasteiger partial charge in [0.25, 0.3) is 10.1 Å². The number of para-hydroxylation sites is 1. The monoisotopic (exact) mass is 601 g/mol.